The summed E-state index contributed by atoms with van der Waals surface area (Å²) in [7, 11) is 1.37. The van der Waals surface area contributed by atoms with Crippen molar-refractivity contribution in [2.75, 3.05) is 13.7 Å². The van der Waals surface area contributed by atoms with Gasteiger partial charge in [0.25, 0.3) is 0 Å². The van der Waals surface area contributed by atoms with E-state index in [0.717, 1.165) is 0 Å². The van der Waals surface area contributed by atoms with E-state index < -0.39 is 18.4 Å². The van der Waals surface area contributed by atoms with Crippen molar-refractivity contribution in [2.45, 2.75) is 19.0 Å². The Morgan fingerprint density at radius 3 is 2.36 bits per heavy atom. The van der Waals surface area contributed by atoms with Gasteiger partial charge < -0.3 is 4.74 Å². The molecule has 0 unspecified atom stereocenters. The molecule has 0 aliphatic carbocycles. The molecule has 0 aliphatic heterocycles. The quantitative estimate of drug-likeness (QED) is 0.598. The van der Waals surface area contributed by atoms with E-state index in [-0.39, 0.29) is 13.0 Å². The Bertz CT molecular complexity index is 130. The van der Waals surface area contributed by atoms with E-state index in [9.17, 15) is 18.0 Å². The van der Waals surface area contributed by atoms with E-state index in [1.165, 1.54) is 7.11 Å². The minimum atomic E-state index is -4.69. The largest absolute Gasteiger partial charge is 0.449 e. The molecule has 0 fully saturated rings. The van der Waals surface area contributed by atoms with Crippen LogP contribution in [0.15, 0.2) is 0 Å². The van der Waals surface area contributed by atoms with Crippen molar-refractivity contribution < 1.29 is 22.7 Å². The number of rotatable bonds is 4. The van der Waals surface area contributed by atoms with Gasteiger partial charge in [0.2, 0.25) is 5.78 Å². The molecular formula is C6H9F3O2. The maximum atomic E-state index is 11.5. The van der Waals surface area contributed by atoms with Gasteiger partial charge in [-0.1, -0.05) is 0 Å². The zero-order chi connectivity index (χ0) is 8.91. The predicted octanol–water partition coefficient (Wildman–Crippen LogP) is 1.54. The molecule has 2 nitrogen and oxygen atoms in total. The monoisotopic (exact) mass is 170 g/mol. The zero-order valence-electron chi connectivity index (χ0n) is 6.07. The third-order valence-electron chi connectivity index (χ3n) is 1.07. The first-order valence-corrected chi connectivity index (χ1v) is 3.07. The summed E-state index contributed by atoms with van der Waals surface area (Å²) in [6, 6.07) is 0. The van der Waals surface area contributed by atoms with Crippen LogP contribution in [0.4, 0.5) is 13.2 Å². The van der Waals surface area contributed by atoms with Gasteiger partial charge >= 0.3 is 6.18 Å². The van der Waals surface area contributed by atoms with Crippen LogP contribution in [0, 0.1) is 0 Å². The summed E-state index contributed by atoms with van der Waals surface area (Å²) >= 11 is 0. The molecule has 0 N–H and O–H groups in total. The first-order chi connectivity index (χ1) is 4.98. The highest BCUT2D eigenvalue weighted by molar-refractivity contribution is 5.83. The van der Waals surface area contributed by atoms with E-state index in [1.54, 1.807) is 0 Å². The van der Waals surface area contributed by atoms with E-state index in [4.69, 9.17) is 0 Å². The van der Waals surface area contributed by atoms with Crippen molar-refractivity contribution in [3.8, 4) is 0 Å². The fourth-order valence-corrected chi connectivity index (χ4v) is 0.519. The molecule has 0 heterocycles. The van der Waals surface area contributed by atoms with Crippen molar-refractivity contribution in [2.24, 2.45) is 0 Å². The summed E-state index contributed by atoms with van der Waals surface area (Å²) in [6.45, 7) is 0.182. The first kappa shape index (κ1) is 10.4. The van der Waals surface area contributed by atoms with Crippen molar-refractivity contribution in [3.63, 3.8) is 0 Å². The number of ether oxygens (including phenoxy) is 1. The molecule has 0 aromatic carbocycles. The number of Topliss-reactive ketones (excluding diaryl/α,β-unsaturated/α-hetero) is 1. The number of alkyl halides is 3. The maximum absolute atomic E-state index is 11.5. The molecule has 0 saturated carbocycles. The highest BCUT2D eigenvalue weighted by atomic mass is 19.4. The van der Waals surface area contributed by atoms with Crippen molar-refractivity contribution in [3.05, 3.63) is 0 Å². The van der Waals surface area contributed by atoms with Crippen molar-refractivity contribution in [1.82, 2.24) is 0 Å². The van der Waals surface area contributed by atoms with E-state index in [0.29, 0.717) is 0 Å². The molecule has 0 radical (unpaired) electrons. The number of hydrogen-bond donors (Lipinski definition) is 0. The average Bonchev–Trinajstić information content (AvgIpc) is 1.86. The Kier molecular flexibility index (Phi) is 4.10. The number of carbonyl (C=O) groups is 1. The Hall–Kier alpha value is -0.580. The SMILES string of the molecule is COCCCC(=O)C(F)(F)F. The van der Waals surface area contributed by atoms with Gasteiger partial charge in [0.15, 0.2) is 0 Å². The van der Waals surface area contributed by atoms with Gasteiger partial charge in [-0.3, -0.25) is 4.79 Å². The number of carbonyl (C=O) groups excluding carboxylic acids is 1. The summed E-state index contributed by atoms with van der Waals surface area (Å²) in [4.78, 5) is 10.2. The van der Waals surface area contributed by atoms with Gasteiger partial charge in [0, 0.05) is 20.1 Å². The Morgan fingerprint density at radius 1 is 1.45 bits per heavy atom. The fraction of sp³-hybridized carbons (Fsp3) is 0.833. The first-order valence-electron chi connectivity index (χ1n) is 3.07. The van der Waals surface area contributed by atoms with Gasteiger partial charge in [0.1, 0.15) is 0 Å². The molecule has 11 heavy (non-hydrogen) atoms. The molecule has 66 valence electrons. The number of hydrogen-bond acceptors (Lipinski definition) is 2. The Labute approximate surface area is 62.3 Å². The van der Waals surface area contributed by atoms with Gasteiger partial charge in [-0.05, 0) is 6.42 Å². The van der Waals surface area contributed by atoms with Gasteiger partial charge in [-0.25, -0.2) is 0 Å². The summed E-state index contributed by atoms with van der Waals surface area (Å²) in [5, 5.41) is 0. The van der Waals surface area contributed by atoms with E-state index in [1.807, 2.05) is 0 Å². The normalized spacial score (nSPS) is 11.6. The molecular weight excluding hydrogens is 161 g/mol. The molecule has 0 saturated heterocycles. The van der Waals surface area contributed by atoms with Crippen LogP contribution in [0.3, 0.4) is 0 Å². The number of ketones is 1. The Morgan fingerprint density at radius 2 is 2.00 bits per heavy atom. The van der Waals surface area contributed by atoms with Crippen LogP contribution in [-0.4, -0.2) is 25.7 Å². The lowest BCUT2D eigenvalue weighted by Crippen LogP contribution is -2.22. The highest BCUT2D eigenvalue weighted by Crippen LogP contribution is 2.18. The highest BCUT2D eigenvalue weighted by Gasteiger charge is 2.36. The van der Waals surface area contributed by atoms with E-state index in [2.05, 4.69) is 4.74 Å². The molecule has 0 atom stereocenters. The molecule has 0 rings (SSSR count). The second kappa shape index (κ2) is 4.33. The Balaban J connectivity index is 3.54. The summed E-state index contributed by atoms with van der Waals surface area (Å²) in [5.41, 5.74) is 0. The molecule has 0 spiro atoms. The second-order valence-corrected chi connectivity index (χ2v) is 2.02. The van der Waals surface area contributed by atoms with Crippen molar-refractivity contribution in [1.29, 1.82) is 0 Å². The molecule has 0 aromatic heterocycles. The lowest BCUT2D eigenvalue weighted by molar-refractivity contribution is -0.171. The van der Waals surface area contributed by atoms with E-state index >= 15 is 0 Å². The van der Waals surface area contributed by atoms with Crippen LogP contribution in [-0.2, 0) is 9.53 Å². The second-order valence-electron chi connectivity index (χ2n) is 2.02. The molecule has 0 amide bonds. The third-order valence-corrected chi connectivity index (χ3v) is 1.07. The maximum Gasteiger partial charge on any atom is 0.449 e. The van der Waals surface area contributed by atoms with Crippen LogP contribution in [0.1, 0.15) is 12.8 Å². The van der Waals surface area contributed by atoms with Crippen molar-refractivity contribution >= 4 is 5.78 Å². The molecule has 5 heteroatoms. The predicted molar refractivity (Wildman–Crippen MR) is 32.2 cm³/mol. The number of methoxy groups -OCH3 is 1. The zero-order valence-corrected chi connectivity index (χ0v) is 6.07. The molecule has 0 bridgehead atoms. The molecule has 0 aromatic rings. The van der Waals surface area contributed by atoms with Gasteiger partial charge in [-0.15, -0.1) is 0 Å². The minimum Gasteiger partial charge on any atom is -0.385 e. The summed E-state index contributed by atoms with van der Waals surface area (Å²) in [6.07, 6.45) is -5.06. The van der Waals surface area contributed by atoms with Crippen LogP contribution in [0.25, 0.3) is 0 Å². The van der Waals surface area contributed by atoms with Crippen LogP contribution in [0.5, 0.6) is 0 Å². The summed E-state index contributed by atoms with van der Waals surface area (Å²) < 4.78 is 38.9. The average molecular weight is 170 g/mol. The lowest BCUT2D eigenvalue weighted by Gasteiger charge is -2.03. The van der Waals surface area contributed by atoms with Gasteiger partial charge in [0.05, 0.1) is 0 Å². The molecule has 0 aliphatic rings. The fourth-order valence-electron chi connectivity index (χ4n) is 0.519. The third kappa shape index (κ3) is 4.78. The topological polar surface area (TPSA) is 26.3 Å². The lowest BCUT2D eigenvalue weighted by atomic mass is 10.2. The van der Waals surface area contributed by atoms with Crippen LogP contribution in [0.2, 0.25) is 0 Å². The summed E-state index contributed by atoms with van der Waals surface area (Å²) in [5.74, 6) is -1.69. The van der Waals surface area contributed by atoms with Crippen LogP contribution >= 0.6 is 0 Å². The standard InChI is InChI=1S/C6H9F3O2/c1-11-4-2-3-5(10)6(7,8)9/h2-4H2,1H3. The smallest absolute Gasteiger partial charge is 0.385 e. The van der Waals surface area contributed by atoms with Gasteiger partial charge in [-0.2, -0.15) is 13.2 Å². The number of halogens is 3. The van der Waals surface area contributed by atoms with Crippen LogP contribution < -0.4 is 0 Å². The minimum absolute atomic E-state index is 0.120.